The molecular weight excluding hydrogens is 403 g/mol. The predicted octanol–water partition coefficient (Wildman–Crippen LogP) is 5.07. The summed E-state index contributed by atoms with van der Waals surface area (Å²) in [6.45, 7) is 0. The lowest BCUT2D eigenvalue weighted by Gasteiger charge is -2.32. The highest BCUT2D eigenvalue weighted by atomic mass is 19.1. The molecule has 1 aliphatic rings. The van der Waals surface area contributed by atoms with Crippen LogP contribution in [0.5, 0.6) is 5.75 Å². The molecule has 5 nitrogen and oxygen atoms in total. The minimum Gasteiger partial charge on any atom is -0.490 e. The first-order valence-electron chi connectivity index (χ1n) is 11.2. The van der Waals surface area contributed by atoms with Gasteiger partial charge in [0.05, 0.1) is 18.0 Å². The molecular formula is C26H27FN4O. The second-order valence-electron chi connectivity index (χ2n) is 8.68. The van der Waals surface area contributed by atoms with Gasteiger partial charge in [0.1, 0.15) is 11.6 Å². The molecule has 0 spiro atoms. The van der Waals surface area contributed by atoms with Crippen LogP contribution >= 0.6 is 0 Å². The van der Waals surface area contributed by atoms with Crippen LogP contribution in [0.15, 0.2) is 73.3 Å². The van der Waals surface area contributed by atoms with Crippen molar-refractivity contribution in [2.45, 2.75) is 44.2 Å². The predicted molar refractivity (Wildman–Crippen MR) is 123 cm³/mol. The molecule has 32 heavy (non-hydrogen) atoms. The van der Waals surface area contributed by atoms with Crippen molar-refractivity contribution in [3.8, 4) is 11.4 Å². The van der Waals surface area contributed by atoms with Crippen LogP contribution in [0.1, 0.15) is 31.2 Å². The van der Waals surface area contributed by atoms with E-state index in [4.69, 9.17) is 10.5 Å². The largest absolute Gasteiger partial charge is 0.490 e. The third-order valence-electron chi connectivity index (χ3n) is 6.44. The summed E-state index contributed by atoms with van der Waals surface area (Å²) >= 11 is 0. The maximum absolute atomic E-state index is 13.1. The Morgan fingerprint density at radius 1 is 1.00 bits per heavy atom. The monoisotopic (exact) mass is 430 g/mol. The molecule has 0 aliphatic heterocycles. The van der Waals surface area contributed by atoms with Gasteiger partial charge in [-0.15, -0.1) is 0 Å². The second kappa shape index (κ2) is 9.09. The average molecular weight is 431 g/mol. The fourth-order valence-electron chi connectivity index (χ4n) is 4.60. The molecule has 0 saturated heterocycles. The van der Waals surface area contributed by atoms with E-state index < -0.39 is 0 Å². The zero-order valence-electron chi connectivity index (χ0n) is 17.9. The zero-order valence-corrected chi connectivity index (χ0v) is 17.9. The Hall–Kier alpha value is -3.25. The molecule has 2 aromatic carbocycles. The molecule has 1 unspecified atom stereocenters. The molecule has 2 N–H and O–H groups in total. The normalized spacial score (nSPS) is 19.7. The van der Waals surface area contributed by atoms with Gasteiger partial charge in [0.15, 0.2) is 0 Å². The number of hydrogen-bond acceptors (Lipinski definition) is 4. The van der Waals surface area contributed by atoms with Crippen LogP contribution in [0.4, 0.5) is 4.39 Å². The number of halogens is 1. The Morgan fingerprint density at radius 2 is 1.81 bits per heavy atom. The lowest BCUT2D eigenvalue weighted by molar-refractivity contribution is 0.123. The summed E-state index contributed by atoms with van der Waals surface area (Å²) in [5.74, 6) is 1.15. The van der Waals surface area contributed by atoms with Crippen molar-refractivity contribution >= 4 is 10.8 Å². The third kappa shape index (κ3) is 4.65. The molecule has 5 rings (SSSR count). The third-order valence-corrected chi connectivity index (χ3v) is 6.44. The molecule has 2 heterocycles. The smallest absolute Gasteiger partial charge is 0.123 e. The molecule has 1 fully saturated rings. The van der Waals surface area contributed by atoms with Crippen molar-refractivity contribution in [1.29, 1.82) is 0 Å². The van der Waals surface area contributed by atoms with Gasteiger partial charge in [0.2, 0.25) is 0 Å². The Bertz CT molecular complexity index is 1180. The minimum atomic E-state index is -0.249. The topological polar surface area (TPSA) is 66.0 Å². The van der Waals surface area contributed by atoms with Crippen molar-refractivity contribution in [3.05, 3.63) is 84.7 Å². The number of hydrogen-bond donors (Lipinski definition) is 1. The van der Waals surface area contributed by atoms with E-state index in [1.807, 2.05) is 36.9 Å². The fourth-order valence-corrected chi connectivity index (χ4v) is 4.60. The van der Waals surface area contributed by atoms with E-state index in [2.05, 4.69) is 22.2 Å². The first kappa shape index (κ1) is 20.6. The van der Waals surface area contributed by atoms with E-state index in [-0.39, 0.29) is 18.0 Å². The van der Waals surface area contributed by atoms with Gasteiger partial charge in [-0.3, -0.25) is 4.98 Å². The fraction of sp³-hybridized carbons (Fsp3) is 0.308. The second-order valence-corrected chi connectivity index (χ2v) is 8.68. The highest BCUT2D eigenvalue weighted by Crippen LogP contribution is 2.31. The number of nitrogens with two attached hydrogens (primary N) is 1. The Kier molecular flexibility index (Phi) is 5.86. The maximum Gasteiger partial charge on any atom is 0.123 e. The summed E-state index contributed by atoms with van der Waals surface area (Å²) < 4.78 is 21.2. The number of rotatable bonds is 6. The van der Waals surface area contributed by atoms with E-state index in [1.165, 1.54) is 12.1 Å². The molecule has 0 radical (unpaired) electrons. The molecule has 1 atom stereocenters. The number of nitrogens with zero attached hydrogens (tertiary/aromatic N) is 3. The van der Waals surface area contributed by atoms with E-state index in [1.54, 1.807) is 16.8 Å². The van der Waals surface area contributed by atoms with Crippen molar-refractivity contribution in [1.82, 2.24) is 14.8 Å². The van der Waals surface area contributed by atoms with Crippen LogP contribution in [-0.2, 0) is 6.42 Å². The summed E-state index contributed by atoms with van der Waals surface area (Å²) in [4.78, 5) is 4.16. The standard InChI is InChI=1S/C26H27FN4O/c27-22-4-6-23(7-5-22)31-17-18(15-30-31)13-26(28)19-1-8-24(9-2-19)32-25-10-3-21-16-29-12-11-20(21)14-25/h3-7,10-12,14-17,19,24,26H,1-2,8-9,13,28H2. The van der Waals surface area contributed by atoms with Gasteiger partial charge in [-0.1, -0.05) is 0 Å². The first-order valence-corrected chi connectivity index (χ1v) is 11.2. The van der Waals surface area contributed by atoms with Crippen molar-refractivity contribution in [2.24, 2.45) is 11.7 Å². The van der Waals surface area contributed by atoms with Gasteiger partial charge in [0.25, 0.3) is 0 Å². The van der Waals surface area contributed by atoms with Gasteiger partial charge < -0.3 is 10.5 Å². The minimum absolute atomic E-state index is 0.0926. The van der Waals surface area contributed by atoms with E-state index in [0.717, 1.165) is 59.9 Å². The molecule has 2 aromatic heterocycles. The van der Waals surface area contributed by atoms with Gasteiger partial charge in [-0.05, 0) is 97.5 Å². The molecule has 0 bridgehead atoms. The van der Waals surface area contributed by atoms with Gasteiger partial charge in [0, 0.05) is 30.0 Å². The molecule has 1 aliphatic carbocycles. The highest BCUT2D eigenvalue weighted by Gasteiger charge is 2.27. The van der Waals surface area contributed by atoms with Crippen molar-refractivity contribution < 1.29 is 9.13 Å². The van der Waals surface area contributed by atoms with Crippen LogP contribution in [0, 0.1) is 11.7 Å². The quantitative estimate of drug-likeness (QED) is 0.464. The zero-order chi connectivity index (χ0) is 21.9. The maximum atomic E-state index is 13.1. The van der Waals surface area contributed by atoms with Crippen LogP contribution < -0.4 is 10.5 Å². The van der Waals surface area contributed by atoms with Crippen LogP contribution in [0.3, 0.4) is 0 Å². The summed E-state index contributed by atoms with van der Waals surface area (Å²) in [5.41, 5.74) is 8.52. The number of pyridine rings is 1. The molecule has 0 amide bonds. The molecule has 4 aromatic rings. The molecule has 164 valence electrons. The Balaban J connectivity index is 1.14. The number of benzene rings is 2. The van der Waals surface area contributed by atoms with Crippen LogP contribution in [0.2, 0.25) is 0 Å². The van der Waals surface area contributed by atoms with Crippen LogP contribution in [-0.4, -0.2) is 26.9 Å². The summed E-state index contributed by atoms with van der Waals surface area (Å²) in [5, 5.41) is 6.68. The lowest BCUT2D eigenvalue weighted by Crippen LogP contribution is -2.36. The Morgan fingerprint density at radius 3 is 2.62 bits per heavy atom. The Labute approximate surface area is 187 Å². The van der Waals surface area contributed by atoms with E-state index in [9.17, 15) is 4.39 Å². The summed E-state index contributed by atoms with van der Waals surface area (Å²) in [6.07, 6.45) is 12.7. The highest BCUT2D eigenvalue weighted by molar-refractivity contribution is 5.82. The van der Waals surface area contributed by atoms with Crippen LogP contribution in [0.25, 0.3) is 16.5 Å². The lowest BCUT2D eigenvalue weighted by atomic mass is 9.81. The van der Waals surface area contributed by atoms with Gasteiger partial charge in [-0.25, -0.2) is 9.07 Å². The van der Waals surface area contributed by atoms with Gasteiger partial charge in [-0.2, -0.15) is 5.10 Å². The van der Waals surface area contributed by atoms with Crippen molar-refractivity contribution in [3.63, 3.8) is 0 Å². The number of ether oxygens (including phenoxy) is 1. The van der Waals surface area contributed by atoms with Gasteiger partial charge >= 0.3 is 0 Å². The van der Waals surface area contributed by atoms with E-state index in [0.29, 0.717) is 5.92 Å². The number of aromatic nitrogens is 3. The SMILES string of the molecule is NC(Cc1cnn(-c2ccc(F)cc2)c1)C1CCC(Oc2ccc3cnccc3c2)CC1. The van der Waals surface area contributed by atoms with E-state index >= 15 is 0 Å². The molecule has 1 saturated carbocycles. The first-order chi connectivity index (χ1) is 15.6. The summed E-state index contributed by atoms with van der Waals surface area (Å²) in [7, 11) is 0. The average Bonchev–Trinajstić information content (AvgIpc) is 3.28. The number of fused-ring (bicyclic) bond motifs is 1. The van der Waals surface area contributed by atoms with Crippen molar-refractivity contribution in [2.75, 3.05) is 0 Å². The summed E-state index contributed by atoms with van der Waals surface area (Å²) in [6, 6.07) is 14.6. The molecule has 6 heteroatoms.